The number of rotatable bonds is 4. The lowest BCUT2D eigenvalue weighted by Gasteiger charge is -2.41. The summed E-state index contributed by atoms with van der Waals surface area (Å²) in [6, 6.07) is -1.57. The molecule has 0 bridgehead atoms. The van der Waals surface area contributed by atoms with E-state index in [0.717, 1.165) is 4.90 Å². The molecule has 1 aromatic rings. The van der Waals surface area contributed by atoms with E-state index in [1.54, 1.807) is 18.2 Å². The summed E-state index contributed by atoms with van der Waals surface area (Å²) < 4.78 is 34.0. The van der Waals surface area contributed by atoms with Crippen LogP contribution >= 0.6 is 0 Å². The van der Waals surface area contributed by atoms with E-state index in [9.17, 15) is 18.7 Å². The number of aliphatic hydroxyl groups is 1. The number of urea groups is 1. The van der Waals surface area contributed by atoms with Gasteiger partial charge in [0.1, 0.15) is 0 Å². The zero-order valence-electron chi connectivity index (χ0n) is 13.5. The maximum Gasteiger partial charge on any atom is 0.353 e. The van der Waals surface area contributed by atoms with Crippen LogP contribution in [0.15, 0.2) is 36.3 Å². The fraction of sp³-hybridized carbons (Fsp3) is 0.467. The highest BCUT2D eigenvalue weighted by atomic mass is 19.3. The molecule has 2 amide bonds. The minimum Gasteiger partial charge on any atom is -0.394 e. The van der Waals surface area contributed by atoms with Crippen molar-refractivity contribution in [1.82, 2.24) is 25.6 Å². The topological polar surface area (TPSA) is 90.0 Å². The highest BCUT2D eigenvalue weighted by molar-refractivity contribution is 5.74. The van der Waals surface area contributed by atoms with E-state index >= 15 is 0 Å². The van der Waals surface area contributed by atoms with Crippen molar-refractivity contribution < 1.29 is 23.4 Å². The SMILES string of the molecule is CN(C(=O)NN1CNC2=CCOC2C1(F)F)[C@@H](CO)c1ccncc1. The third kappa shape index (κ3) is 3.28. The lowest BCUT2D eigenvalue weighted by Crippen LogP contribution is -2.66. The number of fused-ring (bicyclic) bond motifs is 1. The molecule has 8 nitrogen and oxygen atoms in total. The number of hydrogen-bond acceptors (Lipinski definition) is 6. The molecule has 1 fully saturated rings. The molecule has 10 heteroatoms. The van der Waals surface area contributed by atoms with E-state index in [0.29, 0.717) is 16.3 Å². The molecule has 0 aromatic carbocycles. The second-order valence-electron chi connectivity index (χ2n) is 5.73. The van der Waals surface area contributed by atoms with Crippen LogP contribution in [0.1, 0.15) is 11.6 Å². The summed E-state index contributed by atoms with van der Waals surface area (Å²) in [5.74, 6) is 0. The Balaban J connectivity index is 1.70. The number of nitrogens with one attached hydrogen (secondary N) is 2. The molecule has 25 heavy (non-hydrogen) atoms. The Morgan fingerprint density at radius 3 is 3.00 bits per heavy atom. The number of alkyl halides is 2. The number of amides is 2. The molecular formula is C15H19F2N5O3. The van der Waals surface area contributed by atoms with Gasteiger partial charge >= 0.3 is 12.1 Å². The standard InChI is InChI=1S/C15H19F2N5O3/c1-21(12(8-23)10-2-5-18-6-3-10)14(24)20-22-9-19-11-4-7-25-13(11)15(22,16)17/h2-6,12-13,19,23H,7-9H2,1H3,(H,20,24)/t12-,13?/m0/s1. The number of aliphatic hydroxyl groups excluding tert-OH is 1. The van der Waals surface area contributed by atoms with Crippen LogP contribution in [0.25, 0.3) is 0 Å². The Morgan fingerprint density at radius 1 is 1.60 bits per heavy atom. The number of aromatic nitrogens is 1. The van der Waals surface area contributed by atoms with Gasteiger partial charge in [-0.2, -0.15) is 8.78 Å². The van der Waals surface area contributed by atoms with Gasteiger partial charge in [0, 0.05) is 25.1 Å². The molecule has 1 aromatic heterocycles. The Morgan fingerprint density at radius 2 is 2.32 bits per heavy atom. The number of carbonyl (C=O) groups excluding carboxylic acids is 1. The van der Waals surface area contributed by atoms with Crippen molar-refractivity contribution in [2.24, 2.45) is 0 Å². The van der Waals surface area contributed by atoms with Crippen LogP contribution in [0, 0.1) is 0 Å². The predicted octanol–water partition coefficient (Wildman–Crippen LogP) is 0.410. The Bertz CT molecular complexity index is 658. The van der Waals surface area contributed by atoms with Gasteiger partial charge in [-0.25, -0.2) is 4.79 Å². The van der Waals surface area contributed by atoms with Crippen LogP contribution < -0.4 is 10.7 Å². The van der Waals surface area contributed by atoms with Gasteiger partial charge in [0.15, 0.2) is 6.10 Å². The monoisotopic (exact) mass is 355 g/mol. The molecule has 0 spiro atoms. The van der Waals surface area contributed by atoms with Crippen LogP contribution in [0.4, 0.5) is 13.6 Å². The maximum absolute atomic E-state index is 14.5. The zero-order valence-corrected chi connectivity index (χ0v) is 13.5. The summed E-state index contributed by atoms with van der Waals surface area (Å²) in [6.45, 7) is -0.530. The van der Waals surface area contributed by atoms with Gasteiger partial charge in [0.05, 0.1) is 25.9 Å². The number of ether oxygens (including phenoxy) is 1. The molecule has 3 rings (SSSR count). The molecule has 2 aliphatic heterocycles. The van der Waals surface area contributed by atoms with Gasteiger partial charge < -0.3 is 20.1 Å². The predicted molar refractivity (Wildman–Crippen MR) is 83.0 cm³/mol. The molecule has 0 aliphatic carbocycles. The average Bonchev–Trinajstić information content (AvgIpc) is 3.09. The number of pyridine rings is 1. The van der Waals surface area contributed by atoms with Crippen molar-refractivity contribution >= 4 is 6.03 Å². The molecule has 3 heterocycles. The van der Waals surface area contributed by atoms with Crippen LogP contribution in [0.3, 0.4) is 0 Å². The van der Waals surface area contributed by atoms with E-state index < -0.39 is 24.2 Å². The second-order valence-corrected chi connectivity index (χ2v) is 5.73. The van der Waals surface area contributed by atoms with E-state index in [1.165, 1.54) is 19.4 Å². The minimum atomic E-state index is -3.39. The van der Waals surface area contributed by atoms with Crippen LogP contribution in [-0.4, -0.2) is 65.1 Å². The summed E-state index contributed by atoms with van der Waals surface area (Å²) in [4.78, 5) is 17.4. The fourth-order valence-corrected chi connectivity index (χ4v) is 2.79. The van der Waals surface area contributed by atoms with Gasteiger partial charge in [-0.1, -0.05) is 0 Å². The first-order valence-corrected chi connectivity index (χ1v) is 7.70. The molecule has 2 aliphatic rings. The summed E-state index contributed by atoms with van der Waals surface area (Å²) in [7, 11) is 1.42. The summed E-state index contributed by atoms with van der Waals surface area (Å²) in [5, 5.41) is 12.9. The minimum absolute atomic E-state index is 0.0961. The van der Waals surface area contributed by atoms with Crippen LogP contribution in [0.5, 0.6) is 0 Å². The van der Waals surface area contributed by atoms with Gasteiger partial charge in [-0.05, 0) is 23.8 Å². The maximum atomic E-state index is 14.5. The highest BCUT2D eigenvalue weighted by Gasteiger charge is 2.54. The molecule has 2 atom stereocenters. The normalized spacial score (nSPS) is 23.2. The second kappa shape index (κ2) is 6.90. The quantitative estimate of drug-likeness (QED) is 0.678. The van der Waals surface area contributed by atoms with Crippen molar-refractivity contribution in [3.05, 3.63) is 41.9 Å². The molecule has 1 unspecified atom stereocenters. The first kappa shape index (κ1) is 17.5. The number of hydrogen-bond donors (Lipinski definition) is 3. The lowest BCUT2D eigenvalue weighted by molar-refractivity contribution is -0.236. The van der Waals surface area contributed by atoms with Crippen molar-refractivity contribution in [2.75, 3.05) is 26.9 Å². The van der Waals surface area contributed by atoms with Crippen molar-refractivity contribution in [3.63, 3.8) is 0 Å². The molecule has 0 radical (unpaired) electrons. The van der Waals surface area contributed by atoms with Crippen LogP contribution in [0.2, 0.25) is 0 Å². The van der Waals surface area contributed by atoms with Crippen molar-refractivity contribution in [1.29, 1.82) is 0 Å². The fourth-order valence-electron chi connectivity index (χ4n) is 2.79. The summed E-state index contributed by atoms with van der Waals surface area (Å²) >= 11 is 0. The number of carbonyl (C=O) groups is 1. The van der Waals surface area contributed by atoms with E-state index in [4.69, 9.17) is 4.74 Å². The molecular weight excluding hydrogens is 336 g/mol. The third-order valence-electron chi connectivity index (χ3n) is 4.25. The van der Waals surface area contributed by atoms with E-state index in [-0.39, 0.29) is 19.9 Å². The van der Waals surface area contributed by atoms with Crippen molar-refractivity contribution in [2.45, 2.75) is 18.2 Å². The third-order valence-corrected chi connectivity index (χ3v) is 4.25. The van der Waals surface area contributed by atoms with Gasteiger partial charge in [0.2, 0.25) is 0 Å². The molecule has 136 valence electrons. The lowest BCUT2D eigenvalue weighted by atomic mass is 10.1. The summed E-state index contributed by atoms with van der Waals surface area (Å²) in [5.41, 5.74) is 3.14. The number of nitrogens with zero attached hydrogens (tertiary/aromatic N) is 3. The van der Waals surface area contributed by atoms with Gasteiger partial charge in [0.25, 0.3) is 0 Å². The smallest absolute Gasteiger partial charge is 0.353 e. The number of likely N-dealkylation sites (N-methyl/N-ethyl adjacent to an activating group) is 1. The van der Waals surface area contributed by atoms with Crippen LogP contribution in [-0.2, 0) is 4.74 Å². The van der Waals surface area contributed by atoms with E-state index in [1.807, 2.05) is 0 Å². The first-order chi connectivity index (χ1) is 11.9. The van der Waals surface area contributed by atoms with E-state index in [2.05, 4.69) is 15.7 Å². The molecule has 1 saturated heterocycles. The Labute approximate surface area is 143 Å². The number of hydrazine groups is 1. The Kier molecular flexibility index (Phi) is 4.84. The highest BCUT2D eigenvalue weighted by Crippen LogP contribution is 2.34. The molecule has 3 N–H and O–H groups in total. The van der Waals surface area contributed by atoms with Gasteiger partial charge in [-0.3, -0.25) is 10.4 Å². The van der Waals surface area contributed by atoms with Crippen molar-refractivity contribution in [3.8, 4) is 0 Å². The molecule has 0 saturated carbocycles. The Hall–Kier alpha value is -2.30. The largest absolute Gasteiger partial charge is 0.394 e. The van der Waals surface area contributed by atoms with Gasteiger partial charge in [-0.15, -0.1) is 5.01 Å². The summed E-state index contributed by atoms with van der Waals surface area (Å²) in [6.07, 6.45) is 3.16. The zero-order chi connectivity index (χ0) is 18.0. The number of halogens is 2. The first-order valence-electron chi connectivity index (χ1n) is 7.70. The average molecular weight is 355 g/mol.